The Hall–Kier alpha value is -9.90. The number of nitrogens with two attached hydrogens (primary N) is 9. The summed E-state index contributed by atoms with van der Waals surface area (Å²) in [5.74, 6) is -19.2. The normalized spacial score (nSPS) is 16.0. The molecule has 31 N–H and O–H groups in total. The quantitative estimate of drug-likeness (QED) is 0.0153. The number of rotatable bonds is 47. The van der Waals surface area contributed by atoms with E-state index in [-0.39, 0.29) is 77.0 Å². The minimum Gasteiger partial charge on any atom is -0.481 e. The Morgan fingerprint density at radius 2 is 0.865 bits per heavy atom. The van der Waals surface area contributed by atoms with E-state index in [1.807, 2.05) is 0 Å². The van der Waals surface area contributed by atoms with Crippen LogP contribution < -0.4 is 105 Å². The summed E-state index contributed by atoms with van der Waals surface area (Å²) in [5, 5.41) is 53.1. The monoisotopic (exact) mass is 1370 g/mol. The Kier molecular flexibility index (Phi) is 37.8. The number of nitrogens with one attached hydrogen (secondary N) is 10. The average molecular weight is 1370 g/mol. The maximum absolute atomic E-state index is 14.1. The van der Waals surface area contributed by atoms with Crippen molar-refractivity contribution in [3.63, 3.8) is 0 Å². The molecule has 1 heterocycles. The highest BCUT2D eigenvalue weighted by atomic mass is 16.4. The van der Waals surface area contributed by atoms with Crippen molar-refractivity contribution in [3.05, 3.63) is 0 Å². The summed E-state index contributed by atoms with van der Waals surface area (Å²) < 4.78 is 0. The molecule has 0 spiro atoms. The number of unbranched alkanes of at least 4 members (excludes halogenated alkanes) is 1. The molecule has 16 amide bonds. The number of carbonyl (C=O) groups excluding carboxylic acids is 16. The van der Waals surface area contributed by atoms with E-state index in [2.05, 4.69) is 58.2 Å². The number of nitrogens with zero attached hydrogens (tertiary/aromatic N) is 2. The minimum absolute atomic E-state index is 0.0454. The molecule has 0 aromatic heterocycles. The van der Waals surface area contributed by atoms with Gasteiger partial charge in [-0.2, -0.15) is 0 Å². The number of aliphatic hydroxyl groups is 2. The molecule has 540 valence electrons. The molecule has 1 aliphatic rings. The fourth-order valence-electron chi connectivity index (χ4n) is 9.31. The minimum atomic E-state index is -2.00. The van der Waals surface area contributed by atoms with Gasteiger partial charge in [-0.1, -0.05) is 13.8 Å². The van der Waals surface area contributed by atoms with Gasteiger partial charge in [0, 0.05) is 38.8 Å². The molecule has 12 atom stereocenters. The summed E-state index contributed by atoms with van der Waals surface area (Å²) in [6.45, 7) is 1.94. The number of amides is 16. The van der Waals surface area contributed by atoms with Crippen molar-refractivity contribution in [1.82, 2.24) is 58.1 Å². The van der Waals surface area contributed by atoms with E-state index in [0.29, 0.717) is 6.42 Å². The van der Waals surface area contributed by atoms with E-state index in [4.69, 9.17) is 51.6 Å². The third-order valence-corrected chi connectivity index (χ3v) is 14.6. The molecule has 1 fully saturated rings. The molecule has 1 aliphatic heterocycles. The number of carbonyl (C=O) groups is 17. The summed E-state index contributed by atoms with van der Waals surface area (Å²) >= 11 is 0. The summed E-state index contributed by atoms with van der Waals surface area (Å²) in [7, 11) is 0. The maximum atomic E-state index is 14.1. The number of guanidine groups is 1. The molecular weight excluding hydrogens is 1270 g/mol. The maximum Gasteiger partial charge on any atom is 0.303 e. The van der Waals surface area contributed by atoms with Crippen LogP contribution in [-0.4, -0.2) is 232 Å². The lowest BCUT2D eigenvalue weighted by Crippen LogP contribution is -2.61. The standard InChI is InChI=1S/C55H95N21O20/c1-25(2)42(43(62)85)75-53(95)36-10-7-21-76(36)54(96)33(22-40(61)82)72-50(92)32(14-18-41(83)84)67-44(86)26(3)66-46(88)30(12-16-38(59)80)70-51(93)34(23-77)74-48(90)29(9-6-20-65-55(63)64)69-49(91)31(13-17-39(60)81)71-52(94)35(24-78)73-47(89)28(8-4-5-19-56)68-45(87)27(57)11-15-37(58)79/h25-36,42,77-78H,4-24,56-57H2,1-3H3,(H2,58,79)(H2,59,80)(H2,60,81)(H2,61,82)(H2,62,85)(H,66,88)(H,67,86)(H,68,87)(H,69,91)(H,70,93)(H,71,94)(H,72,92)(H,73,89)(H,74,90)(H,75,95)(H,83,84)(H4,63,64,65)/t26-,27-,28-,29-,30-,31-,32-,33-,34-,35-,36-,42-/m0/s1. The number of hydrogen-bond donors (Lipinski definition) is 22. The van der Waals surface area contributed by atoms with Gasteiger partial charge in [-0.05, 0) is 90.0 Å². The van der Waals surface area contributed by atoms with Crippen molar-refractivity contribution in [1.29, 1.82) is 0 Å². The number of likely N-dealkylation sites (tertiary alicyclic amines) is 1. The SMILES string of the molecule is CC(C)[C@H](NC(=O)[C@@H]1CCCN1C(=O)[C@H](CC(N)=O)NC(=O)[C@H](CCC(=O)O)NC(=O)[C@H](C)NC(=O)[C@H](CCC(N)=O)NC(=O)[C@H](CO)NC(=O)[C@H](CCCN=C(N)N)NC(=O)[C@H](CCC(N)=O)NC(=O)[C@H](CO)NC(=O)[C@H](CCCCN)NC(=O)[C@@H](N)CCC(N)=O)C(N)=O. The van der Waals surface area contributed by atoms with Crippen molar-refractivity contribution >= 4 is 106 Å². The molecule has 0 aromatic carbocycles. The molecular formula is C55H95N21O20. The van der Waals surface area contributed by atoms with Crippen LogP contribution in [0.1, 0.15) is 124 Å². The highest BCUT2D eigenvalue weighted by molar-refractivity contribution is 6.00. The van der Waals surface area contributed by atoms with Crippen molar-refractivity contribution in [2.75, 3.05) is 32.8 Å². The molecule has 1 saturated heterocycles. The first-order valence-electron chi connectivity index (χ1n) is 30.7. The third kappa shape index (κ3) is 31.4. The second kappa shape index (κ2) is 43.2. The Morgan fingerprint density at radius 3 is 1.28 bits per heavy atom. The molecule has 0 aliphatic carbocycles. The van der Waals surface area contributed by atoms with E-state index < -0.39 is 237 Å². The van der Waals surface area contributed by atoms with E-state index in [1.165, 1.54) is 0 Å². The predicted molar refractivity (Wildman–Crippen MR) is 335 cm³/mol. The third-order valence-electron chi connectivity index (χ3n) is 14.6. The fourth-order valence-corrected chi connectivity index (χ4v) is 9.31. The molecule has 0 aromatic rings. The van der Waals surface area contributed by atoms with Gasteiger partial charge in [0.25, 0.3) is 0 Å². The largest absolute Gasteiger partial charge is 0.481 e. The molecule has 0 saturated carbocycles. The number of primary amides is 5. The van der Waals surface area contributed by atoms with E-state index >= 15 is 0 Å². The number of carboxylic acids is 1. The highest BCUT2D eigenvalue weighted by Crippen LogP contribution is 2.21. The van der Waals surface area contributed by atoms with E-state index in [1.54, 1.807) is 13.8 Å². The number of aliphatic hydroxyl groups excluding tert-OH is 2. The van der Waals surface area contributed by atoms with Gasteiger partial charge in [0.15, 0.2) is 5.96 Å². The lowest BCUT2D eigenvalue weighted by atomic mass is 10.0. The van der Waals surface area contributed by atoms with Crippen LogP contribution in [-0.2, 0) is 81.5 Å². The van der Waals surface area contributed by atoms with Crippen molar-refractivity contribution in [2.24, 2.45) is 62.5 Å². The number of hydrogen-bond acceptors (Lipinski definition) is 22. The number of aliphatic carboxylic acids is 1. The summed E-state index contributed by atoms with van der Waals surface area (Å²) in [6, 6.07) is -19.5. The predicted octanol–water partition coefficient (Wildman–Crippen LogP) is -12.0. The van der Waals surface area contributed by atoms with Gasteiger partial charge < -0.3 is 125 Å². The van der Waals surface area contributed by atoms with Gasteiger partial charge in [0.05, 0.1) is 25.7 Å². The molecule has 1 rings (SSSR count). The van der Waals surface area contributed by atoms with Crippen LogP contribution in [0.5, 0.6) is 0 Å². The van der Waals surface area contributed by atoms with Crippen molar-refractivity contribution in [3.8, 4) is 0 Å². The smallest absolute Gasteiger partial charge is 0.303 e. The van der Waals surface area contributed by atoms with Gasteiger partial charge in [0.1, 0.15) is 66.5 Å². The lowest BCUT2D eigenvalue weighted by Gasteiger charge is -2.30. The van der Waals surface area contributed by atoms with Crippen LogP contribution in [0.25, 0.3) is 0 Å². The fraction of sp³-hybridized carbons (Fsp3) is 0.673. The Morgan fingerprint density at radius 1 is 0.469 bits per heavy atom. The van der Waals surface area contributed by atoms with Crippen LogP contribution in [0.15, 0.2) is 4.99 Å². The van der Waals surface area contributed by atoms with Crippen LogP contribution >= 0.6 is 0 Å². The Balaban J connectivity index is 3.49. The number of aliphatic imine (C=N–C) groups is 1. The van der Waals surface area contributed by atoms with E-state index in [9.17, 15) is 96.8 Å². The van der Waals surface area contributed by atoms with Crippen molar-refractivity contribution in [2.45, 2.75) is 196 Å². The topological polar surface area (TPSA) is 721 Å². The molecule has 0 unspecified atom stereocenters. The second-order valence-electron chi connectivity index (χ2n) is 22.9. The molecule has 41 nitrogen and oxygen atoms in total. The zero-order valence-corrected chi connectivity index (χ0v) is 53.7. The average Bonchev–Trinajstić information content (AvgIpc) is 1.63. The van der Waals surface area contributed by atoms with Gasteiger partial charge in [0.2, 0.25) is 94.5 Å². The van der Waals surface area contributed by atoms with E-state index in [0.717, 1.165) is 11.8 Å². The van der Waals surface area contributed by atoms with Crippen LogP contribution in [0.2, 0.25) is 0 Å². The Bertz CT molecular complexity index is 2810. The zero-order valence-electron chi connectivity index (χ0n) is 53.7. The van der Waals surface area contributed by atoms with Gasteiger partial charge >= 0.3 is 5.97 Å². The summed E-state index contributed by atoms with van der Waals surface area (Å²) in [6.07, 6.45) is -4.54. The molecule has 0 radical (unpaired) electrons. The highest BCUT2D eigenvalue weighted by Gasteiger charge is 2.41. The lowest BCUT2D eigenvalue weighted by molar-refractivity contribution is -0.143. The van der Waals surface area contributed by atoms with Crippen LogP contribution in [0.4, 0.5) is 0 Å². The first-order valence-corrected chi connectivity index (χ1v) is 30.7. The summed E-state index contributed by atoms with van der Waals surface area (Å²) in [4.78, 5) is 227. The van der Waals surface area contributed by atoms with Gasteiger partial charge in [-0.15, -0.1) is 0 Å². The van der Waals surface area contributed by atoms with Crippen LogP contribution in [0, 0.1) is 5.92 Å². The van der Waals surface area contributed by atoms with Gasteiger partial charge in [-0.3, -0.25) is 86.5 Å². The zero-order chi connectivity index (χ0) is 73.1. The molecule has 96 heavy (non-hydrogen) atoms. The summed E-state index contributed by atoms with van der Waals surface area (Å²) in [5.41, 5.74) is 49.0. The molecule has 0 bridgehead atoms. The van der Waals surface area contributed by atoms with Crippen molar-refractivity contribution < 1.29 is 96.8 Å². The first kappa shape index (κ1) is 84.1. The Labute approximate surface area is 551 Å². The van der Waals surface area contributed by atoms with Gasteiger partial charge in [-0.25, -0.2) is 0 Å². The second-order valence-corrected chi connectivity index (χ2v) is 22.9. The van der Waals surface area contributed by atoms with Crippen LogP contribution in [0.3, 0.4) is 0 Å². The number of carboxylic acid groups (broad SMARTS) is 1. The molecule has 41 heteroatoms. The first-order chi connectivity index (χ1) is 45.0.